The van der Waals surface area contributed by atoms with E-state index in [1.807, 2.05) is 6.92 Å². The van der Waals surface area contributed by atoms with Crippen molar-refractivity contribution in [2.24, 2.45) is 11.8 Å². The molecule has 2 heterocycles. The average Bonchev–Trinajstić information content (AvgIpc) is 2.47. The molecule has 2 N–H and O–H groups in total. The number of morpholine rings is 1. The lowest BCUT2D eigenvalue weighted by atomic mass is 9.90. The third-order valence-electron chi connectivity index (χ3n) is 3.98. The van der Waals surface area contributed by atoms with Crippen molar-refractivity contribution in [1.82, 2.24) is 15.5 Å². The van der Waals surface area contributed by atoms with Crippen LogP contribution in [0, 0.1) is 11.8 Å². The molecule has 114 valence electrons. The Morgan fingerprint density at radius 2 is 2.20 bits per heavy atom. The Morgan fingerprint density at radius 1 is 1.40 bits per heavy atom. The molecular weight excluding hydrogens is 258 g/mol. The monoisotopic (exact) mass is 283 g/mol. The van der Waals surface area contributed by atoms with Crippen molar-refractivity contribution in [3.8, 4) is 0 Å². The molecule has 3 atom stereocenters. The summed E-state index contributed by atoms with van der Waals surface area (Å²) in [4.78, 5) is 26.4. The van der Waals surface area contributed by atoms with Crippen molar-refractivity contribution < 1.29 is 14.3 Å². The van der Waals surface area contributed by atoms with E-state index >= 15 is 0 Å². The number of hydrogen-bond acceptors (Lipinski definition) is 4. The van der Waals surface area contributed by atoms with Gasteiger partial charge in [-0.15, -0.1) is 0 Å². The fourth-order valence-corrected chi connectivity index (χ4v) is 2.96. The number of carbonyl (C=O) groups excluding carboxylic acids is 2. The van der Waals surface area contributed by atoms with Crippen LogP contribution in [-0.4, -0.2) is 62.1 Å². The summed E-state index contributed by atoms with van der Waals surface area (Å²) in [6.07, 6.45) is 0.894. The molecule has 3 unspecified atom stereocenters. The smallest absolute Gasteiger partial charge is 0.245 e. The molecule has 0 radical (unpaired) electrons. The highest BCUT2D eigenvalue weighted by molar-refractivity contribution is 5.89. The number of carbonyl (C=O) groups is 2. The number of ether oxygens (including phenoxy) is 1. The van der Waals surface area contributed by atoms with Crippen LogP contribution in [-0.2, 0) is 14.3 Å². The summed E-state index contributed by atoms with van der Waals surface area (Å²) in [5, 5.41) is 6.08. The molecular formula is C14H25N3O3. The second kappa shape index (κ2) is 7.04. The van der Waals surface area contributed by atoms with Gasteiger partial charge in [-0.3, -0.25) is 9.59 Å². The Morgan fingerprint density at radius 3 is 2.90 bits per heavy atom. The molecule has 6 heteroatoms. The standard InChI is InChI=1S/C14H25N3O3/c1-3-16-13(18)12-9-20-5-4-17(12)14(19)11-6-10(2)7-15-8-11/h10-12,15H,3-9H2,1-2H3,(H,16,18). The highest BCUT2D eigenvalue weighted by Gasteiger charge is 2.36. The molecule has 2 saturated heterocycles. The fourth-order valence-electron chi connectivity index (χ4n) is 2.96. The van der Waals surface area contributed by atoms with Crippen LogP contribution in [0.5, 0.6) is 0 Å². The third-order valence-corrected chi connectivity index (χ3v) is 3.98. The number of nitrogens with one attached hydrogen (secondary N) is 2. The van der Waals surface area contributed by atoms with Gasteiger partial charge < -0.3 is 20.3 Å². The SMILES string of the molecule is CCNC(=O)C1COCCN1C(=O)C1CNCC(C)C1. The van der Waals surface area contributed by atoms with Gasteiger partial charge in [-0.1, -0.05) is 6.92 Å². The van der Waals surface area contributed by atoms with E-state index in [1.165, 1.54) is 0 Å². The van der Waals surface area contributed by atoms with Crippen LogP contribution in [0.3, 0.4) is 0 Å². The number of likely N-dealkylation sites (N-methyl/N-ethyl adjacent to an activating group) is 1. The maximum absolute atomic E-state index is 12.7. The van der Waals surface area contributed by atoms with Crippen molar-refractivity contribution in [1.29, 1.82) is 0 Å². The molecule has 0 aromatic rings. The van der Waals surface area contributed by atoms with Crippen molar-refractivity contribution in [2.75, 3.05) is 39.4 Å². The molecule has 0 aromatic carbocycles. The van der Waals surface area contributed by atoms with Crippen molar-refractivity contribution in [3.63, 3.8) is 0 Å². The number of nitrogens with zero attached hydrogens (tertiary/aromatic N) is 1. The Kier molecular flexibility index (Phi) is 5.37. The minimum Gasteiger partial charge on any atom is -0.377 e. The predicted molar refractivity (Wildman–Crippen MR) is 75.1 cm³/mol. The number of hydrogen-bond donors (Lipinski definition) is 2. The van der Waals surface area contributed by atoms with E-state index in [0.29, 0.717) is 38.8 Å². The summed E-state index contributed by atoms with van der Waals surface area (Å²) in [7, 11) is 0. The lowest BCUT2D eigenvalue weighted by Gasteiger charge is -2.38. The van der Waals surface area contributed by atoms with Gasteiger partial charge in [0.05, 0.1) is 19.1 Å². The lowest BCUT2D eigenvalue weighted by molar-refractivity contribution is -0.152. The zero-order chi connectivity index (χ0) is 14.5. The van der Waals surface area contributed by atoms with Gasteiger partial charge in [0.25, 0.3) is 0 Å². The molecule has 6 nitrogen and oxygen atoms in total. The quantitative estimate of drug-likeness (QED) is 0.739. The normalized spacial score (nSPS) is 30.9. The van der Waals surface area contributed by atoms with Crippen LogP contribution in [0.25, 0.3) is 0 Å². The topological polar surface area (TPSA) is 70.7 Å². The molecule has 2 rings (SSSR count). The minimum absolute atomic E-state index is 0.0197. The summed E-state index contributed by atoms with van der Waals surface area (Å²) >= 11 is 0. The summed E-state index contributed by atoms with van der Waals surface area (Å²) in [5.41, 5.74) is 0. The summed E-state index contributed by atoms with van der Waals surface area (Å²) in [6, 6.07) is -0.478. The third kappa shape index (κ3) is 3.49. The van der Waals surface area contributed by atoms with Gasteiger partial charge >= 0.3 is 0 Å². The van der Waals surface area contributed by atoms with Gasteiger partial charge in [0.2, 0.25) is 11.8 Å². The van der Waals surface area contributed by atoms with Crippen LogP contribution >= 0.6 is 0 Å². The van der Waals surface area contributed by atoms with Crippen LogP contribution in [0.1, 0.15) is 20.3 Å². The van der Waals surface area contributed by atoms with Gasteiger partial charge in [-0.25, -0.2) is 0 Å². The lowest BCUT2D eigenvalue weighted by Crippen LogP contribution is -2.58. The van der Waals surface area contributed by atoms with Crippen LogP contribution in [0.2, 0.25) is 0 Å². The Hall–Kier alpha value is -1.14. The highest BCUT2D eigenvalue weighted by Crippen LogP contribution is 2.20. The molecule has 0 aliphatic carbocycles. The van der Waals surface area contributed by atoms with Gasteiger partial charge in [-0.05, 0) is 25.8 Å². The Bertz CT molecular complexity index is 362. The van der Waals surface area contributed by atoms with E-state index < -0.39 is 6.04 Å². The van der Waals surface area contributed by atoms with Gasteiger partial charge in [0.15, 0.2) is 0 Å². The maximum atomic E-state index is 12.7. The molecule has 2 aliphatic rings. The first-order chi connectivity index (χ1) is 9.63. The second-order valence-corrected chi connectivity index (χ2v) is 5.71. The highest BCUT2D eigenvalue weighted by atomic mass is 16.5. The molecule has 2 amide bonds. The Labute approximate surface area is 120 Å². The summed E-state index contributed by atoms with van der Waals surface area (Å²) < 4.78 is 5.37. The van der Waals surface area contributed by atoms with Gasteiger partial charge in [0, 0.05) is 19.6 Å². The zero-order valence-electron chi connectivity index (χ0n) is 12.4. The minimum atomic E-state index is -0.478. The van der Waals surface area contributed by atoms with Crippen LogP contribution < -0.4 is 10.6 Å². The van der Waals surface area contributed by atoms with Crippen LogP contribution in [0.15, 0.2) is 0 Å². The molecule has 0 bridgehead atoms. The number of rotatable bonds is 3. The molecule has 0 saturated carbocycles. The van der Waals surface area contributed by atoms with E-state index in [0.717, 1.165) is 13.0 Å². The maximum Gasteiger partial charge on any atom is 0.245 e. The average molecular weight is 283 g/mol. The van der Waals surface area contributed by atoms with Crippen molar-refractivity contribution in [3.05, 3.63) is 0 Å². The molecule has 2 aliphatic heterocycles. The van der Waals surface area contributed by atoms with Crippen molar-refractivity contribution in [2.45, 2.75) is 26.3 Å². The molecule has 20 heavy (non-hydrogen) atoms. The van der Waals surface area contributed by atoms with Crippen molar-refractivity contribution >= 4 is 11.8 Å². The largest absolute Gasteiger partial charge is 0.377 e. The summed E-state index contributed by atoms with van der Waals surface area (Å²) in [6.45, 7) is 7.58. The van der Waals surface area contributed by atoms with E-state index in [9.17, 15) is 9.59 Å². The predicted octanol–water partition coefficient (Wildman–Crippen LogP) is -0.404. The number of amides is 2. The molecule has 2 fully saturated rings. The first-order valence-electron chi connectivity index (χ1n) is 7.50. The van der Waals surface area contributed by atoms with E-state index in [2.05, 4.69) is 17.6 Å². The summed E-state index contributed by atoms with van der Waals surface area (Å²) in [5.74, 6) is 0.455. The van der Waals surface area contributed by atoms with E-state index in [-0.39, 0.29) is 17.7 Å². The van der Waals surface area contributed by atoms with Gasteiger partial charge in [-0.2, -0.15) is 0 Å². The Balaban J connectivity index is 2.03. The van der Waals surface area contributed by atoms with E-state index in [4.69, 9.17) is 4.74 Å². The van der Waals surface area contributed by atoms with Crippen LogP contribution in [0.4, 0.5) is 0 Å². The zero-order valence-corrected chi connectivity index (χ0v) is 12.4. The number of piperidine rings is 1. The first-order valence-corrected chi connectivity index (χ1v) is 7.50. The van der Waals surface area contributed by atoms with E-state index in [1.54, 1.807) is 4.90 Å². The van der Waals surface area contributed by atoms with Gasteiger partial charge in [0.1, 0.15) is 6.04 Å². The first kappa shape index (κ1) is 15.3. The fraction of sp³-hybridized carbons (Fsp3) is 0.857. The second-order valence-electron chi connectivity index (χ2n) is 5.71. The molecule has 0 aromatic heterocycles. The molecule has 0 spiro atoms.